The van der Waals surface area contributed by atoms with E-state index in [0.29, 0.717) is 22.9 Å². The second-order valence-electron chi connectivity index (χ2n) is 4.67. The maximum atomic E-state index is 12.9. The van der Waals surface area contributed by atoms with E-state index in [9.17, 15) is 9.59 Å². The summed E-state index contributed by atoms with van der Waals surface area (Å²) < 4.78 is 2.11. The molecule has 0 atom stereocenters. The molecule has 1 aliphatic rings. The lowest BCUT2D eigenvalue weighted by Gasteiger charge is -2.17. The van der Waals surface area contributed by atoms with E-state index in [0.717, 1.165) is 4.90 Å². The molecule has 3 rings (SSSR count). The second-order valence-corrected chi connectivity index (χ2v) is 9.09. The Morgan fingerprint density at radius 1 is 0.708 bits per heavy atom. The van der Waals surface area contributed by atoms with E-state index in [2.05, 4.69) is 63.7 Å². The largest absolute Gasteiger partial charge is 0.268 e. The van der Waals surface area contributed by atoms with E-state index < -0.39 is 11.8 Å². The summed E-state index contributed by atoms with van der Waals surface area (Å²) in [5.41, 5.74) is 0.521. The molecule has 2 amide bonds. The highest BCUT2D eigenvalue weighted by Crippen LogP contribution is 2.48. The molecular weight excluding hydrogens is 640 g/mol. The summed E-state index contributed by atoms with van der Waals surface area (Å²) in [6, 6.07) is 2.84. The molecule has 0 bridgehead atoms. The number of amides is 2. The fourth-order valence-electron chi connectivity index (χ4n) is 2.30. The molecule has 0 saturated heterocycles. The molecule has 2 aromatic carbocycles. The highest BCUT2D eigenvalue weighted by atomic mass is 79.9. The van der Waals surface area contributed by atoms with Crippen molar-refractivity contribution in [1.29, 1.82) is 0 Å². The van der Waals surface area contributed by atoms with Gasteiger partial charge in [-0.1, -0.05) is 34.8 Å². The quantitative estimate of drug-likeness (QED) is 0.184. The fraction of sp³-hybridized carbons (Fsp3) is 0. The van der Waals surface area contributed by atoms with E-state index in [4.69, 9.17) is 34.8 Å². The molecule has 0 fully saturated rings. The number of halogens is 7. The van der Waals surface area contributed by atoms with Gasteiger partial charge in [-0.2, -0.15) is 0 Å². The minimum absolute atomic E-state index is 0.0972. The van der Waals surface area contributed by atoms with Gasteiger partial charge in [0.15, 0.2) is 0 Å². The van der Waals surface area contributed by atoms with E-state index in [-0.39, 0.29) is 26.9 Å². The molecular formula is C14H2Br4Cl3NO2. The minimum atomic E-state index is -0.540. The van der Waals surface area contributed by atoms with E-state index in [1.807, 2.05) is 0 Å². The predicted octanol–water partition coefficient (Wildman–Crippen LogP) is 7.50. The summed E-state index contributed by atoms with van der Waals surface area (Å²) in [6.45, 7) is 0. The number of hydrogen-bond donors (Lipinski definition) is 0. The van der Waals surface area contributed by atoms with Crippen molar-refractivity contribution < 1.29 is 9.59 Å². The summed E-state index contributed by atoms with van der Waals surface area (Å²) in [7, 11) is 0. The third-order valence-corrected chi connectivity index (χ3v) is 8.87. The van der Waals surface area contributed by atoms with Crippen molar-refractivity contribution in [2.45, 2.75) is 0 Å². The van der Waals surface area contributed by atoms with Crippen molar-refractivity contribution in [1.82, 2.24) is 0 Å². The average Bonchev–Trinajstić information content (AvgIpc) is 2.75. The van der Waals surface area contributed by atoms with Crippen LogP contribution in [0.2, 0.25) is 15.1 Å². The molecule has 24 heavy (non-hydrogen) atoms. The lowest BCUT2D eigenvalue weighted by Crippen LogP contribution is -2.30. The predicted molar refractivity (Wildman–Crippen MR) is 110 cm³/mol. The van der Waals surface area contributed by atoms with Gasteiger partial charge in [0.05, 0.1) is 26.9 Å². The minimum Gasteiger partial charge on any atom is -0.268 e. The Morgan fingerprint density at radius 2 is 1.08 bits per heavy atom. The van der Waals surface area contributed by atoms with Gasteiger partial charge in [-0.3, -0.25) is 9.59 Å². The zero-order valence-corrected chi connectivity index (χ0v) is 19.7. The highest BCUT2D eigenvalue weighted by Gasteiger charge is 2.43. The summed E-state index contributed by atoms with van der Waals surface area (Å²) in [6.07, 6.45) is 0. The molecule has 0 aromatic heterocycles. The van der Waals surface area contributed by atoms with Gasteiger partial charge >= 0.3 is 0 Å². The van der Waals surface area contributed by atoms with Crippen molar-refractivity contribution in [2.75, 3.05) is 4.90 Å². The fourth-order valence-corrected chi connectivity index (χ4v) is 5.74. The lowest BCUT2D eigenvalue weighted by atomic mass is 10.1. The number of benzene rings is 2. The Balaban J connectivity index is 2.30. The van der Waals surface area contributed by atoms with Crippen molar-refractivity contribution in [2.24, 2.45) is 0 Å². The molecule has 1 heterocycles. The molecule has 0 aliphatic carbocycles. The number of carbonyl (C=O) groups is 2. The second kappa shape index (κ2) is 6.83. The number of carbonyl (C=O) groups excluding carboxylic acids is 2. The molecule has 0 radical (unpaired) electrons. The van der Waals surface area contributed by atoms with E-state index >= 15 is 0 Å². The van der Waals surface area contributed by atoms with Crippen LogP contribution in [0.25, 0.3) is 0 Å². The topological polar surface area (TPSA) is 37.4 Å². The number of nitrogens with zero attached hydrogens (tertiary/aromatic N) is 1. The zero-order chi connectivity index (χ0) is 17.9. The monoisotopic (exact) mass is 637 g/mol. The van der Waals surface area contributed by atoms with Crippen LogP contribution in [0.1, 0.15) is 20.7 Å². The van der Waals surface area contributed by atoms with Crippen molar-refractivity contribution in [3.05, 3.63) is 56.2 Å². The molecule has 3 nitrogen and oxygen atoms in total. The van der Waals surface area contributed by atoms with Crippen LogP contribution < -0.4 is 4.90 Å². The van der Waals surface area contributed by atoms with E-state index in [1.54, 1.807) is 0 Å². The van der Waals surface area contributed by atoms with Crippen molar-refractivity contribution >= 4 is 116 Å². The first kappa shape index (κ1) is 19.1. The molecule has 10 heteroatoms. The maximum Gasteiger partial charge on any atom is 0.267 e. The Kier molecular flexibility index (Phi) is 5.45. The van der Waals surface area contributed by atoms with Gasteiger partial charge in [0.25, 0.3) is 11.8 Å². The molecule has 1 aliphatic heterocycles. The van der Waals surface area contributed by atoms with Crippen LogP contribution >= 0.6 is 98.5 Å². The SMILES string of the molecule is O=C1c2c(Br)c(Br)c(Br)c(Br)c2C(=O)N1c1c(Cl)cc(Cl)cc1Cl. The Hall–Kier alpha value is 0.370. The number of imide groups is 1. The van der Waals surface area contributed by atoms with Crippen LogP contribution in [0.4, 0.5) is 5.69 Å². The number of hydrogen-bond acceptors (Lipinski definition) is 2. The van der Waals surface area contributed by atoms with Gasteiger partial charge in [0.1, 0.15) is 0 Å². The summed E-state index contributed by atoms with van der Waals surface area (Å²) in [4.78, 5) is 26.7. The number of fused-ring (bicyclic) bond motifs is 1. The number of anilines is 1. The van der Waals surface area contributed by atoms with Gasteiger partial charge in [-0.15, -0.1) is 0 Å². The first-order valence-electron chi connectivity index (χ1n) is 6.06. The van der Waals surface area contributed by atoms with Crippen LogP contribution in [0, 0.1) is 0 Å². The lowest BCUT2D eigenvalue weighted by molar-refractivity contribution is 0.0925. The summed E-state index contributed by atoms with van der Waals surface area (Å²) in [5, 5.41) is 0.512. The Bertz CT molecular complexity index is 878. The third-order valence-electron chi connectivity index (χ3n) is 3.31. The Labute approximate surface area is 185 Å². The zero-order valence-electron chi connectivity index (χ0n) is 11.1. The summed E-state index contributed by atoms with van der Waals surface area (Å²) >= 11 is 31.7. The molecule has 0 saturated carbocycles. The number of rotatable bonds is 1. The highest BCUT2D eigenvalue weighted by molar-refractivity contribution is 9.15. The molecule has 0 N–H and O–H groups in total. The Morgan fingerprint density at radius 3 is 1.46 bits per heavy atom. The third kappa shape index (κ3) is 2.80. The standard InChI is InChI=1S/C14H2Br4Cl3NO2/c15-8-6-7(9(16)11(18)10(8)17)14(24)22(13(6)23)12-4(20)1-3(19)2-5(12)21/h1-2H. The molecule has 2 aromatic rings. The molecule has 0 spiro atoms. The molecule has 124 valence electrons. The maximum absolute atomic E-state index is 12.9. The van der Waals surface area contributed by atoms with Gasteiger partial charge < -0.3 is 0 Å². The van der Waals surface area contributed by atoms with Crippen molar-refractivity contribution in [3.8, 4) is 0 Å². The van der Waals surface area contributed by atoms with Gasteiger partial charge in [0.2, 0.25) is 0 Å². The summed E-state index contributed by atoms with van der Waals surface area (Å²) in [5.74, 6) is -1.08. The normalized spacial score (nSPS) is 13.7. The van der Waals surface area contributed by atoms with Gasteiger partial charge in [-0.05, 0) is 75.9 Å². The first-order chi connectivity index (χ1) is 11.2. The smallest absolute Gasteiger partial charge is 0.267 e. The van der Waals surface area contributed by atoms with Crippen LogP contribution in [-0.2, 0) is 0 Å². The molecule has 0 unspecified atom stereocenters. The van der Waals surface area contributed by atoms with E-state index in [1.165, 1.54) is 12.1 Å². The van der Waals surface area contributed by atoms with Gasteiger partial charge in [-0.25, -0.2) is 4.90 Å². The average molecular weight is 642 g/mol. The van der Waals surface area contributed by atoms with Crippen molar-refractivity contribution in [3.63, 3.8) is 0 Å². The van der Waals surface area contributed by atoms with Crippen LogP contribution in [0.15, 0.2) is 30.0 Å². The van der Waals surface area contributed by atoms with Gasteiger partial charge in [0, 0.05) is 22.9 Å². The van der Waals surface area contributed by atoms with Crippen LogP contribution in [-0.4, -0.2) is 11.8 Å². The van der Waals surface area contributed by atoms with Crippen LogP contribution in [0.5, 0.6) is 0 Å². The van der Waals surface area contributed by atoms with Crippen LogP contribution in [0.3, 0.4) is 0 Å². The first-order valence-corrected chi connectivity index (χ1v) is 10.4.